The van der Waals surface area contributed by atoms with Gasteiger partial charge in [-0.25, -0.2) is 4.79 Å². The van der Waals surface area contributed by atoms with Gasteiger partial charge in [-0.15, -0.1) is 0 Å². The minimum atomic E-state index is -1.02. The summed E-state index contributed by atoms with van der Waals surface area (Å²) in [5, 5.41) is 11.6. The molecule has 5 heteroatoms. The molecule has 0 atom stereocenters. The zero-order chi connectivity index (χ0) is 14.0. The predicted octanol–water partition coefficient (Wildman–Crippen LogP) is 1.28. The van der Waals surface area contributed by atoms with Gasteiger partial charge in [-0.2, -0.15) is 0 Å². The molecule has 102 valence electrons. The number of carbonyl (C=O) groups is 2. The lowest BCUT2D eigenvalue weighted by atomic mass is 10.1. The van der Waals surface area contributed by atoms with Crippen molar-refractivity contribution in [1.82, 2.24) is 5.32 Å². The molecule has 2 N–H and O–H groups in total. The number of carbonyl (C=O) groups excluding carboxylic acids is 1. The zero-order valence-corrected chi connectivity index (χ0v) is 11.0. The molecule has 1 saturated carbocycles. The molecule has 5 nitrogen and oxygen atoms in total. The van der Waals surface area contributed by atoms with Crippen LogP contribution < -0.4 is 10.1 Å². The van der Waals surface area contributed by atoms with E-state index in [-0.39, 0.29) is 12.3 Å². The van der Waals surface area contributed by atoms with E-state index in [2.05, 4.69) is 5.32 Å². The first kappa shape index (κ1) is 13.4. The first-order valence-electron chi connectivity index (χ1n) is 6.15. The third-order valence-corrected chi connectivity index (χ3v) is 3.38. The SMILES string of the molecule is COc1cc(CC(=O)NC2(C(=O)O)CC2)ccc1C. The highest BCUT2D eigenvalue weighted by atomic mass is 16.5. The number of ether oxygens (including phenoxy) is 1. The first-order valence-corrected chi connectivity index (χ1v) is 6.15. The van der Waals surface area contributed by atoms with Crippen LogP contribution in [0, 0.1) is 6.92 Å². The Morgan fingerprint density at radius 2 is 2.11 bits per heavy atom. The lowest BCUT2D eigenvalue weighted by molar-refractivity contribution is -0.143. The van der Waals surface area contributed by atoms with Crippen molar-refractivity contribution >= 4 is 11.9 Å². The average Bonchev–Trinajstić information content (AvgIpc) is 3.12. The van der Waals surface area contributed by atoms with Crippen LogP contribution in [0.15, 0.2) is 18.2 Å². The van der Waals surface area contributed by atoms with Crippen molar-refractivity contribution in [3.8, 4) is 5.75 Å². The smallest absolute Gasteiger partial charge is 0.329 e. The van der Waals surface area contributed by atoms with Gasteiger partial charge in [0.25, 0.3) is 0 Å². The zero-order valence-electron chi connectivity index (χ0n) is 11.0. The van der Waals surface area contributed by atoms with Crippen LogP contribution in [0.5, 0.6) is 5.75 Å². The van der Waals surface area contributed by atoms with Gasteiger partial charge in [0, 0.05) is 0 Å². The summed E-state index contributed by atoms with van der Waals surface area (Å²) in [7, 11) is 1.58. The fourth-order valence-electron chi connectivity index (χ4n) is 1.99. The Labute approximate surface area is 111 Å². The molecule has 1 aromatic carbocycles. The number of hydrogen-bond acceptors (Lipinski definition) is 3. The summed E-state index contributed by atoms with van der Waals surface area (Å²) >= 11 is 0. The molecule has 0 aromatic heterocycles. The van der Waals surface area contributed by atoms with Crippen LogP contribution in [0.1, 0.15) is 24.0 Å². The van der Waals surface area contributed by atoms with E-state index in [1.807, 2.05) is 19.1 Å². The number of amides is 1. The Morgan fingerprint density at radius 3 is 2.63 bits per heavy atom. The van der Waals surface area contributed by atoms with Gasteiger partial charge in [0.1, 0.15) is 11.3 Å². The molecule has 0 spiro atoms. The second-order valence-electron chi connectivity index (χ2n) is 4.92. The van der Waals surface area contributed by atoms with Gasteiger partial charge >= 0.3 is 5.97 Å². The quantitative estimate of drug-likeness (QED) is 0.839. The van der Waals surface area contributed by atoms with Crippen molar-refractivity contribution in [3.05, 3.63) is 29.3 Å². The Bertz CT molecular complexity index is 520. The van der Waals surface area contributed by atoms with E-state index < -0.39 is 11.5 Å². The van der Waals surface area contributed by atoms with Crippen LogP contribution in [-0.2, 0) is 16.0 Å². The number of methoxy groups -OCH3 is 1. The van der Waals surface area contributed by atoms with Crippen molar-refractivity contribution in [2.45, 2.75) is 31.7 Å². The molecular weight excluding hydrogens is 246 g/mol. The third-order valence-electron chi connectivity index (χ3n) is 3.38. The third kappa shape index (κ3) is 2.86. The monoisotopic (exact) mass is 263 g/mol. The summed E-state index contributed by atoms with van der Waals surface area (Å²) in [4.78, 5) is 22.8. The Hall–Kier alpha value is -2.04. The van der Waals surface area contributed by atoms with Crippen LogP contribution in [0.3, 0.4) is 0 Å². The van der Waals surface area contributed by atoms with Crippen molar-refractivity contribution < 1.29 is 19.4 Å². The summed E-state index contributed by atoms with van der Waals surface area (Å²) in [6.07, 6.45) is 1.17. The maximum atomic E-state index is 11.8. The molecule has 0 radical (unpaired) electrons. The molecule has 0 aliphatic heterocycles. The number of rotatable bonds is 5. The van der Waals surface area contributed by atoms with Crippen LogP contribution in [0.25, 0.3) is 0 Å². The highest BCUT2D eigenvalue weighted by Crippen LogP contribution is 2.35. The summed E-state index contributed by atoms with van der Waals surface area (Å²) in [6, 6.07) is 5.53. The molecule has 1 aliphatic rings. The Morgan fingerprint density at radius 1 is 1.42 bits per heavy atom. The van der Waals surface area contributed by atoms with Gasteiger partial charge < -0.3 is 15.2 Å². The maximum Gasteiger partial charge on any atom is 0.329 e. The lowest BCUT2D eigenvalue weighted by Crippen LogP contribution is -2.43. The molecule has 19 heavy (non-hydrogen) atoms. The number of aliphatic carboxylic acids is 1. The Kier molecular flexibility index (Phi) is 3.46. The van der Waals surface area contributed by atoms with E-state index >= 15 is 0 Å². The van der Waals surface area contributed by atoms with Gasteiger partial charge in [-0.1, -0.05) is 12.1 Å². The van der Waals surface area contributed by atoms with Gasteiger partial charge in [0.05, 0.1) is 13.5 Å². The second kappa shape index (κ2) is 4.91. The van der Waals surface area contributed by atoms with E-state index in [4.69, 9.17) is 9.84 Å². The molecule has 1 aromatic rings. The predicted molar refractivity (Wildman–Crippen MR) is 69.2 cm³/mol. The number of carboxylic acids is 1. The van der Waals surface area contributed by atoms with Gasteiger partial charge in [-0.05, 0) is 37.0 Å². The van der Waals surface area contributed by atoms with E-state index in [0.717, 1.165) is 16.9 Å². The number of benzene rings is 1. The van der Waals surface area contributed by atoms with Gasteiger partial charge in [-0.3, -0.25) is 4.79 Å². The van der Waals surface area contributed by atoms with E-state index in [9.17, 15) is 9.59 Å². The minimum Gasteiger partial charge on any atom is -0.496 e. The number of nitrogens with one attached hydrogen (secondary N) is 1. The van der Waals surface area contributed by atoms with E-state index in [1.54, 1.807) is 13.2 Å². The standard InChI is InChI=1S/C14H17NO4/c1-9-3-4-10(7-11(9)19-2)8-12(16)15-14(5-6-14)13(17)18/h3-4,7H,5-6,8H2,1-2H3,(H,15,16)(H,17,18). The van der Waals surface area contributed by atoms with Crippen molar-refractivity contribution in [2.24, 2.45) is 0 Å². The molecule has 0 unspecified atom stereocenters. The summed E-state index contributed by atoms with van der Waals surface area (Å²) < 4.78 is 5.19. The molecule has 1 fully saturated rings. The van der Waals surface area contributed by atoms with E-state index in [1.165, 1.54) is 0 Å². The molecule has 2 rings (SSSR count). The first-order chi connectivity index (χ1) is 8.97. The number of aryl methyl sites for hydroxylation is 1. The fraction of sp³-hybridized carbons (Fsp3) is 0.429. The highest BCUT2D eigenvalue weighted by Gasteiger charge is 2.51. The summed E-state index contributed by atoms with van der Waals surface area (Å²) in [6.45, 7) is 1.92. The molecule has 0 heterocycles. The van der Waals surface area contributed by atoms with E-state index in [0.29, 0.717) is 12.8 Å². The van der Waals surface area contributed by atoms with Crippen LogP contribution >= 0.6 is 0 Å². The number of hydrogen-bond donors (Lipinski definition) is 2. The summed E-state index contributed by atoms with van der Waals surface area (Å²) in [5.41, 5.74) is 0.781. The lowest BCUT2D eigenvalue weighted by Gasteiger charge is -2.13. The van der Waals surface area contributed by atoms with Crippen LogP contribution in [-0.4, -0.2) is 29.6 Å². The Balaban J connectivity index is 2.01. The topological polar surface area (TPSA) is 75.6 Å². The summed E-state index contributed by atoms with van der Waals surface area (Å²) in [5.74, 6) is -0.502. The molecule has 1 aliphatic carbocycles. The highest BCUT2D eigenvalue weighted by molar-refractivity contribution is 5.90. The van der Waals surface area contributed by atoms with Crippen molar-refractivity contribution in [1.29, 1.82) is 0 Å². The average molecular weight is 263 g/mol. The molecule has 0 bridgehead atoms. The largest absolute Gasteiger partial charge is 0.496 e. The van der Waals surface area contributed by atoms with Crippen LogP contribution in [0.4, 0.5) is 0 Å². The fourth-order valence-corrected chi connectivity index (χ4v) is 1.99. The number of carboxylic acid groups (broad SMARTS) is 1. The van der Waals surface area contributed by atoms with Crippen molar-refractivity contribution in [2.75, 3.05) is 7.11 Å². The van der Waals surface area contributed by atoms with Gasteiger partial charge in [0.15, 0.2) is 0 Å². The second-order valence-corrected chi connectivity index (χ2v) is 4.92. The van der Waals surface area contributed by atoms with Crippen LogP contribution in [0.2, 0.25) is 0 Å². The maximum absolute atomic E-state index is 11.8. The normalized spacial score (nSPS) is 15.7. The minimum absolute atomic E-state index is 0.158. The molecular formula is C14H17NO4. The molecule has 1 amide bonds. The molecule has 0 saturated heterocycles. The van der Waals surface area contributed by atoms with Gasteiger partial charge in [0.2, 0.25) is 5.91 Å². The van der Waals surface area contributed by atoms with Crippen molar-refractivity contribution in [3.63, 3.8) is 0 Å².